The third kappa shape index (κ3) is 3.63. The number of aryl methyl sites for hydroxylation is 1. The van der Waals surface area contributed by atoms with Gasteiger partial charge in [0.2, 0.25) is 0 Å². The lowest BCUT2D eigenvalue weighted by atomic mass is 10.0. The van der Waals surface area contributed by atoms with Crippen LogP contribution in [0, 0.1) is 0 Å². The van der Waals surface area contributed by atoms with E-state index in [1.54, 1.807) is 18.2 Å². The zero-order valence-corrected chi connectivity index (χ0v) is 12.1. The number of primary amides is 1. The summed E-state index contributed by atoms with van der Waals surface area (Å²) in [6, 6.07) is 6.19. The predicted molar refractivity (Wildman–Crippen MR) is 78.2 cm³/mol. The van der Waals surface area contributed by atoms with Crippen LogP contribution in [0.1, 0.15) is 28.5 Å². The SMILES string of the molecule is COC(=O)C(CCc1cccc(O)c1)n1cnc(C(N)=O)c1. The molecule has 0 saturated heterocycles. The second-order valence-corrected chi connectivity index (χ2v) is 4.82. The number of esters is 1. The Balaban J connectivity index is 2.15. The van der Waals surface area contributed by atoms with E-state index in [1.165, 1.54) is 24.2 Å². The van der Waals surface area contributed by atoms with Crippen molar-refractivity contribution in [3.63, 3.8) is 0 Å². The van der Waals surface area contributed by atoms with Gasteiger partial charge in [-0.1, -0.05) is 12.1 Å². The minimum Gasteiger partial charge on any atom is -0.508 e. The summed E-state index contributed by atoms with van der Waals surface area (Å²) in [7, 11) is 1.30. The van der Waals surface area contributed by atoms with E-state index >= 15 is 0 Å². The smallest absolute Gasteiger partial charge is 0.328 e. The molecule has 1 heterocycles. The highest BCUT2D eigenvalue weighted by Crippen LogP contribution is 2.19. The Morgan fingerprint density at radius 2 is 2.23 bits per heavy atom. The van der Waals surface area contributed by atoms with Gasteiger partial charge in [0.15, 0.2) is 0 Å². The molecule has 7 nitrogen and oxygen atoms in total. The number of methoxy groups -OCH3 is 1. The predicted octanol–water partition coefficient (Wildman–Crippen LogP) is 1.03. The molecule has 0 aliphatic heterocycles. The molecule has 0 saturated carbocycles. The Morgan fingerprint density at radius 1 is 1.45 bits per heavy atom. The molecule has 1 aromatic carbocycles. The quantitative estimate of drug-likeness (QED) is 0.775. The van der Waals surface area contributed by atoms with E-state index in [0.717, 1.165) is 5.56 Å². The molecule has 2 aromatic rings. The number of nitrogens with zero attached hydrogens (tertiary/aromatic N) is 2. The highest BCUT2D eigenvalue weighted by atomic mass is 16.5. The molecule has 2 rings (SSSR count). The van der Waals surface area contributed by atoms with Crippen LogP contribution in [0.15, 0.2) is 36.8 Å². The van der Waals surface area contributed by atoms with Crippen LogP contribution < -0.4 is 5.73 Å². The molecule has 1 amide bonds. The van der Waals surface area contributed by atoms with Crippen LogP contribution in [0.25, 0.3) is 0 Å². The van der Waals surface area contributed by atoms with Crippen LogP contribution in [0.2, 0.25) is 0 Å². The highest BCUT2D eigenvalue weighted by molar-refractivity contribution is 5.90. The fourth-order valence-electron chi connectivity index (χ4n) is 2.17. The van der Waals surface area contributed by atoms with Gasteiger partial charge in [-0.3, -0.25) is 4.79 Å². The summed E-state index contributed by atoms with van der Waals surface area (Å²) < 4.78 is 6.30. The fourth-order valence-corrected chi connectivity index (χ4v) is 2.17. The van der Waals surface area contributed by atoms with Crippen molar-refractivity contribution in [2.75, 3.05) is 7.11 Å². The maximum atomic E-state index is 11.9. The summed E-state index contributed by atoms with van der Waals surface area (Å²) in [5.41, 5.74) is 6.14. The number of imidazole rings is 1. The molecule has 1 aromatic heterocycles. The third-order valence-corrected chi connectivity index (χ3v) is 3.30. The normalized spacial score (nSPS) is 11.9. The van der Waals surface area contributed by atoms with Gasteiger partial charge in [-0.15, -0.1) is 0 Å². The number of carbonyl (C=O) groups excluding carboxylic acids is 2. The summed E-state index contributed by atoms with van der Waals surface area (Å²) in [5.74, 6) is -0.922. The summed E-state index contributed by atoms with van der Waals surface area (Å²) >= 11 is 0. The molecule has 3 N–H and O–H groups in total. The van der Waals surface area contributed by atoms with Crippen LogP contribution in [0.4, 0.5) is 0 Å². The van der Waals surface area contributed by atoms with E-state index in [0.29, 0.717) is 12.8 Å². The van der Waals surface area contributed by atoms with Crippen LogP contribution >= 0.6 is 0 Å². The number of benzene rings is 1. The van der Waals surface area contributed by atoms with E-state index in [4.69, 9.17) is 10.5 Å². The first-order chi connectivity index (χ1) is 10.5. The van der Waals surface area contributed by atoms with Gasteiger partial charge in [0.05, 0.1) is 13.4 Å². The molecular weight excluding hydrogens is 286 g/mol. The van der Waals surface area contributed by atoms with Crippen molar-refractivity contribution in [2.24, 2.45) is 5.73 Å². The van der Waals surface area contributed by atoms with Crippen molar-refractivity contribution in [1.29, 1.82) is 0 Å². The van der Waals surface area contributed by atoms with E-state index in [1.807, 2.05) is 6.07 Å². The number of ether oxygens (including phenoxy) is 1. The van der Waals surface area contributed by atoms with Gasteiger partial charge in [0, 0.05) is 6.20 Å². The van der Waals surface area contributed by atoms with Gasteiger partial charge in [-0.25, -0.2) is 9.78 Å². The van der Waals surface area contributed by atoms with Gasteiger partial charge in [0.1, 0.15) is 17.5 Å². The first kappa shape index (κ1) is 15.6. The molecule has 0 aliphatic rings. The highest BCUT2D eigenvalue weighted by Gasteiger charge is 2.22. The van der Waals surface area contributed by atoms with Crippen LogP contribution in [0.5, 0.6) is 5.75 Å². The second-order valence-electron chi connectivity index (χ2n) is 4.82. The molecular formula is C15H17N3O4. The molecule has 1 atom stereocenters. The number of carbonyl (C=O) groups is 2. The second kappa shape index (κ2) is 6.75. The lowest BCUT2D eigenvalue weighted by molar-refractivity contribution is -0.144. The van der Waals surface area contributed by atoms with Gasteiger partial charge >= 0.3 is 5.97 Å². The Morgan fingerprint density at radius 3 is 2.82 bits per heavy atom. The number of rotatable bonds is 6. The number of aromatic hydroxyl groups is 1. The number of phenolic OH excluding ortho intramolecular Hbond substituents is 1. The number of phenols is 1. The fraction of sp³-hybridized carbons (Fsp3) is 0.267. The Labute approximate surface area is 127 Å². The summed E-state index contributed by atoms with van der Waals surface area (Å²) in [6.07, 6.45) is 3.79. The summed E-state index contributed by atoms with van der Waals surface area (Å²) in [5, 5.41) is 9.46. The molecule has 116 valence electrons. The van der Waals surface area contributed by atoms with Crippen molar-refractivity contribution in [2.45, 2.75) is 18.9 Å². The van der Waals surface area contributed by atoms with E-state index in [-0.39, 0.29) is 11.4 Å². The summed E-state index contributed by atoms with van der Waals surface area (Å²) in [6.45, 7) is 0. The number of hydrogen-bond acceptors (Lipinski definition) is 5. The zero-order valence-electron chi connectivity index (χ0n) is 12.1. The molecule has 1 unspecified atom stereocenters. The first-order valence-electron chi connectivity index (χ1n) is 6.70. The number of nitrogens with two attached hydrogens (primary N) is 1. The minimum absolute atomic E-state index is 0.0891. The van der Waals surface area contributed by atoms with Gasteiger partial charge in [-0.05, 0) is 30.5 Å². The minimum atomic E-state index is -0.657. The topological polar surface area (TPSA) is 107 Å². The molecule has 0 bridgehead atoms. The Kier molecular flexibility index (Phi) is 4.77. The Hall–Kier alpha value is -2.83. The molecule has 0 fully saturated rings. The number of hydrogen-bond donors (Lipinski definition) is 2. The molecule has 7 heteroatoms. The van der Waals surface area contributed by atoms with Crippen molar-refractivity contribution >= 4 is 11.9 Å². The van der Waals surface area contributed by atoms with Crippen molar-refractivity contribution in [3.8, 4) is 5.75 Å². The van der Waals surface area contributed by atoms with E-state index < -0.39 is 17.9 Å². The maximum absolute atomic E-state index is 11.9. The molecule has 0 spiro atoms. The Bertz CT molecular complexity index is 681. The van der Waals surface area contributed by atoms with Crippen molar-refractivity contribution in [3.05, 3.63) is 48.0 Å². The van der Waals surface area contributed by atoms with Gasteiger partial charge < -0.3 is 20.1 Å². The standard InChI is InChI=1S/C15H17N3O4/c1-22-15(21)13(18-8-12(14(16)20)17-9-18)6-5-10-3-2-4-11(19)7-10/h2-4,7-9,13,19H,5-6H2,1H3,(H2,16,20). The van der Waals surface area contributed by atoms with E-state index in [2.05, 4.69) is 4.98 Å². The van der Waals surface area contributed by atoms with Crippen molar-refractivity contribution in [1.82, 2.24) is 9.55 Å². The van der Waals surface area contributed by atoms with Crippen LogP contribution in [-0.2, 0) is 16.0 Å². The van der Waals surface area contributed by atoms with Crippen LogP contribution in [-0.4, -0.2) is 33.6 Å². The van der Waals surface area contributed by atoms with Gasteiger partial charge in [-0.2, -0.15) is 0 Å². The first-order valence-corrected chi connectivity index (χ1v) is 6.70. The molecule has 0 aliphatic carbocycles. The van der Waals surface area contributed by atoms with Gasteiger partial charge in [0.25, 0.3) is 5.91 Å². The third-order valence-electron chi connectivity index (χ3n) is 3.30. The zero-order chi connectivity index (χ0) is 16.1. The maximum Gasteiger partial charge on any atom is 0.328 e. The average molecular weight is 303 g/mol. The lowest BCUT2D eigenvalue weighted by Gasteiger charge is -2.16. The number of amides is 1. The van der Waals surface area contributed by atoms with E-state index in [9.17, 15) is 14.7 Å². The van der Waals surface area contributed by atoms with Crippen LogP contribution in [0.3, 0.4) is 0 Å². The monoisotopic (exact) mass is 303 g/mol. The summed E-state index contributed by atoms with van der Waals surface area (Å²) in [4.78, 5) is 26.9. The average Bonchev–Trinajstić information content (AvgIpc) is 2.97. The molecule has 0 radical (unpaired) electrons. The molecule has 22 heavy (non-hydrogen) atoms. The largest absolute Gasteiger partial charge is 0.508 e. The van der Waals surface area contributed by atoms with Crippen molar-refractivity contribution < 1.29 is 19.4 Å². The lowest BCUT2D eigenvalue weighted by Crippen LogP contribution is -2.21. The number of aromatic nitrogens is 2.